The van der Waals surface area contributed by atoms with Crippen LogP contribution in [-0.2, 0) is 9.09 Å². The van der Waals surface area contributed by atoms with E-state index in [4.69, 9.17) is 14.3 Å². The van der Waals surface area contributed by atoms with Crippen LogP contribution in [0, 0.1) is 11.8 Å². The first-order valence-corrected chi connectivity index (χ1v) is 7.45. The first-order chi connectivity index (χ1) is 7.15. The van der Waals surface area contributed by atoms with Gasteiger partial charge in [-0.15, -0.1) is 0 Å². The van der Waals surface area contributed by atoms with Crippen LogP contribution in [0.4, 0.5) is 0 Å². The van der Waals surface area contributed by atoms with Crippen LogP contribution < -0.4 is 0 Å². The summed E-state index contributed by atoms with van der Waals surface area (Å²) in [5, 5.41) is 0. The average Bonchev–Trinajstić information content (AvgIpc) is 2.09. The summed E-state index contributed by atoms with van der Waals surface area (Å²) in [7, 11) is -4.44. The van der Waals surface area contributed by atoms with E-state index in [2.05, 4.69) is 6.92 Å². The molecule has 0 aliphatic carbocycles. The van der Waals surface area contributed by atoms with Crippen molar-refractivity contribution in [3.05, 3.63) is 0 Å². The van der Waals surface area contributed by atoms with E-state index in [0.717, 1.165) is 12.8 Å². The minimum atomic E-state index is -4.44. The Kier molecular flexibility index (Phi) is 6.20. The first-order valence-electron chi connectivity index (χ1n) is 5.92. The van der Waals surface area contributed by atoms with Crippen LogP contribution >= 0.6 is 7.82 Å². The number of unbranched alkanes of at least 4 members (excludes halogenated alkanes) is 1. The van der Waals surface area contributed by atoms with Gasteiger partial charge in [-0.25, -0.2) is 4.57 Å². The molecule has 0 bridgehead atoms. The summed E-state index contributed by atoms with van der Waals surface area (Å²) in [6, 6.07) is 0. The third kappa shape index (κ3) is 4.54. The predicted octanol–water partition coefficient (Wildman–Crippen LogP) is 3.34. The Labute approximate surface area is 98.6 Å². The van der Waals surface area contributed by atoms with Gasteiger partial charge < -0.3 is 9.79 Å². The molecule has 0 aromatic carbocycles. The molecule has 16 heavy (non-hydrogen) atoms. The Morgan fingerprint density at radius 2 is 1.62 bits per heavy atom. The molecule has 0 spiro atoms. The van der Waals surface area contributed by atoms with Crippen LogP contribution in [0.1, 0.15) is 53.9 Å². The lowest BCUT2D eigenvalue weighted by molar-refractivity contribution is -0.0504. The van der Waals surface area contributed by atoms with E-state index >= 15 is 0 Å². The second-order valence-corrected chi connectivity index (χ2v) is 6.11. The van der Waals surface area contributed by atoms with Crippen molar-refractivity contribution in [2.24, 2.45) is 11.8 Å². The molecule has 0 aliphatic rings. The largest absolute Gasteiger partial charge is 0.470 e. The van der Waals surface area contributed by atoms with Crippen molar-refractivity contribution in [3.63, 3.8) is 0 Å². The first kappa shape index (κ1) is 16.1. The van der Waals surface area contributed by atoms with Gasteiger partial charge in [-0.3, -0.25) is 4.52 Å². The van der Waals surface area contributed by atoms with Gasteiger partial charge in [-0.2, -0.15) is 0 Å². The normalized spacial score (nSPS) is 13.8. The van der Waals surface area contributed by atoms with E-state index in [-0.39, 0.29) is 11.8 Å². The van der Waals surface area contributed by atoms with Crippen LogP contribution in [0.2, 0.25) is 0 Å². The molecule has 5 heteroatoms. The summed E-state index contributed by atoms with van der Waals surface area (Å²) in [6.45, 7) is 9.86. The van der Waals surface area contributed by atoms with Gasteiger partial charge >= 0.3 is 7.82 Å². The zero-order valence-electron chi connectivity index (χ0n) is 10.9. The van der Waals surface area contributed by atoms with Crippen molar-refractivity contribution < 1.29 is 18.9 Å². The molecular weight excluding hydrogens is 227 g/mol. The van der Waals surface area contributed by atoms with Crippen LogP contribution in [-0.4, -0.2) is 15.4 Å². The lowest BCUT2D eigenvalue weighted by Gasteiger charge is -2.41. The van der Waals surface area contributed by atoms with Gasteiger partial charge in [0.15, 0.2) is 0 Å². The maximum absolute atomic E-state index is 11.1. The van der Waals surface area contributed by atoms with E-state index in [9.17, 15) is 4.57 Å². The number of hydrogen-bond donors (Lipinski definition) is 2. The molecule has 0 rings (SSSR count). The summed E-state index contributed by atoms with van der Waals surface area (Å²) in [6.07, 6.45) is 2.59. The van der Waals surface area contributed by atoms with Gasteiger partial charge in [0.25, 0.3) is 0 Å². The SMILES string of the molecule is CCCCC(OP(=O)(O)O)(C(C)C)C(C)C. The van der Waals surface area contributed by atoms with Crippen molar-refractivity contribution >= 4 is 7.82 Å². The molecule has 0 aliphatic heterocycles. The Balaban J connectivity index is 5.02. The molecule has 0 aromatic heterocycles. The van der Waals surface area contributed by atoms with Crippen molar-refractivity contribution in [3.8, 4) is 0 Å². The molecule has 0 heterocycles. The second-order valence-electron chi connectivity index (χ2n) is 4.95. The highest BCUT2D eigenvalue weighted by Crippen LogP contribution is 2.49. The van der Waals surface area contributed by atoms with Crippen molar-refractivity contribution in [2.45, 2.75) is 59.5 Å². The molecule has 98 valence electrons. The van der Waals surface area contributed by atoms with Gasteiger partial charge in [0, 0.05) is 0 Å². The summed E-state index contributed by atoms with van der Waals surface area (Å²) in [5.74, 6) is 0.151. The Morgan fingerprint density at radius 1 is 1.19 bits per heavy atom. The average molecular weight is 252 g/mol. The molecule has 0 fully saturated rings. The Morgan fingerprint density at radius 3 is 1.88 bits per heavy atom. The van der Waals surface area contributed by atoms with Crippen LogP contribution in [0.3, 0.4) is 0 Å². The Hall–Kier alpha value is 0.110. The fraction of sp³-hybridized carbons (Fsp3) is 1.00. The molecule has 0 amide bonds. The molecule has 2 N–H and O–H groups in total. The summed E-state index contributed by atoms with van der Waals surface area (Å²) in [5.41, 5.74) is -0.727. The number of phosphoric acid groups is 1. The highest BCUT2D eigenvalue weighted by atomic mass is 31.2. The number of rotatable bonds is 7. The van der Waals surface area contributed by atoms with Crippen molar-refractivity contribution in [2.75, 3.05) is 0 Å². The zero-order chi connectivity index (χ0) is 13.0. The second kappa shape index (κ2) is 6.15. The number of hydrogen-bond acceptors (Lipinski definition) is 2. The molecule has 0 saturated heterocycles. The Bertz CT molecular complexity index is 236. The van der Waals surface area contributed by atoms with Gasteiger partial charge in [0.1, 0.15) is 0 Å². The van der Waals surface area contributed by atoms with Gasteiger partial charge in [0.2, 0.25) is 0 Å². The van der Waals surface area contributed by atoms with E-state index in [1.54, 1.807) is 0 Å². The van der Waals surface area contributed by atoms with Crippen molar-refractivity contribution in [1.82, 2.24) is 0 Å². The molecule has 0 atom stereocenters. The smallest absolute Gasteiger partial charge is 0.303 e. The third-order valence-electron chi connectivity index (χ3n) is 3.16. The van der Waals surface area contributed by atoms with Gasteiger partial charge in [-0.05, 0) is 18.3 Å². The summed E-state index contributed by atoms with van der Waals surface area (Å²) < 4.78 is 16.2. The maximum atomic E-state index is 11.1. The fourth-order valence-corrected chi connectivity index (χ4v) is 3.13. The lowest BCUT2D eigenvalue weighted by atomic mass is 9.77. The van der Waals surface area contributed by atoms with Gasteiger partial charge in [-0.1, -0.05) is 47.5 Å². The van der Waals surface area contributed by atoms with Crippen molar-refractivity contribution in [1.29, 1.82) is 0 Å². The highest BCUT2D eigenvalue weighted by molar-refractivity contribution is 7.46. The highest BCUT2D eigenvalue weighted by Gasteiger charge is 2.42. The quantitative estimate of drug-likeness (QED) is 0.682. The molecule has 0 radical (unpaired) electrons. The summed E-state index contributed by atoms with van der Waals surface area (Å²) >= 11 is 0. The molecule has 0 aromatic rings. The molecule has 0 saturated carbocycles. The minimum Gasteiger partial charge on any atom is -0.303 e. The molecule has 4 nitrogen and oxygen atoms in total. The van der Waals surface area contributed by atoms with Crippen LogP contribution in [0.15, 0.2) is 0 Å². The minimum absolute atomic E-state index is 0.0756. The fourth-order valence-electron chi connectivity index (χ4n) is 2.17. The molecule has 0 unspecified atom stereocenters. The van der Waals surface area contributed by atoms with E-state index in [1.807, 2.05) is 27.7 Å². The van der Waals surface area contributed by atoms with E-state index in [1.165, 1.54) is 0 Å². The number of phosphoric ester groups is 1. The topological polar surface area (TPSA) is 66.8 Å². The van der Waals surface area contributed by atoms with Crippen LogP contribution in [0.25, 0.3) is 0 Å². The predicted molar refractivity (Wildman–Crippen MR) is 65.1 cm³/mol. The molecular formula is C11H25O4P. The van der Waals surface area contributed by atoms with E-state index < -0.39 is 13.4 Å². The van der Waals surface area contributed by atoms with E-state index in [0.29, 0.717) is 6.42 Å². The standard InChI is InChI=1S/C11H25O4P/c1-6-7-8-11(9(2)3,10(4)5)15-16(12,13)14/h9-10H,6-8H2,1-5H3,(H2,12,13,14). The third-order valence-corrected chi connectivity index (χ3v) is 3.74. The maximum Gasteiger partial charge on any atom is 0.470 e. The van der Waals surface area contributed by atoms with Crippen LogP contribution in [0.5, 0.6) is 0 Å². The monoisotopic (exact) mass is 252 g/mol. The van der Waals surface area contributed by atoms with Gasteiger partial charge in [0.05, 0.1) is 5.60 Å². The lowest BCUT2D eigenvalue weighted by Crippen LogP contribution is -2.42. The zero-order valence-corrected chi connectivity index (χ0v) is 11.8. The summed E-state index contributed by atoms with van der Waals surface area (Å²) in [4.78, 5) is 18.1.